The first kappa shape index (κ1) is 22.5. The van der Waals surface area contributed by atoms with Crippen LogP contribution in [0.5, 0.6) is 0 Å². The Morgan fingerprint density at radius 2 is 1.78 bits per heavy atom. The summed E-state index contributed by atoms with van der Waals surface area (Å²) in [6.45, 7) is 2.23. The van der Waals surface area contributed by atoms with Crippen LogP contribution in [-0.2, 0) is 16.6 Å². The van der Waals surface area contributed by atoms with Crippen LogP contribution in [0.2, 0.25) is 0 Å². The zero-order valence-electron chi connectivity index (χ0n) is 17.5. The van der Waals surface area contributed by atoms with Gasteiger partial charge in [-0.05, 0) is 60.3 Å². The predicted octanol–water partition coefficient (Wildman–Crippen LogP) is 6.19. The maximum absolute atomic E-state index is 12.7. The molecule has 1 N–H and O–H groups in total. The number of halogens is 1. The number of rotatable bonds is 6. The fraction of sp³-hybridized carbons (Fsp3) is 0.125. The molecule has 0 radical (unpaired) electrons. The predicted molar refractivity (Wildman–Crippen MR) is 136 cm³/mol. The summed E-state index contributed by atoms with van der Waals surface area (Å²) in [5.74, 6) is -0.203. The van der Waals surface area contributed by atoms with Crippen molar-refractivity contribution in [2.24, 2.45) is 0 Å². The highest BCUT2D eigenvalue weighted by Crippen LogP contribution is 2.31. The van der Waals surface area contributed by atoms with Gasteiger partial charge < -0.3 is 5.32 Å². The van der Waals surface area contributed by atoms with E-state index in [1.54, 1.807) is 12.1 Å². The van der Waals surface area contributed by atoms with Crippen LogP contribution in [0, 0.1) is 6.92 Å². The molecule has 0 bridgehead atoms. The number of thiophene rings is 1. The Balaban J connectivity index is 1.63. The van der Waals surface area contributed by atoms with E-state index in [4.69, 9.17) is 0 Å². The largest absolute Gasteiger partial charge is 0.321 e. The smallest absolute Gasteiger partial charge is 0.265 e. The van der Waals surface area contributed by atoms with Crippen molar-refractivity contribution >= 4 is 64.7 Å². The highest BCUT2D eigenvalue weighted by molar-refractivity contribution is 9.10. The molecule has 4 rings (SSSR count). The van der Waals surface area contributed by atoms with Crippen molar-refractivity contribution in [3.8, 4) is 0 Å². The Bertz CT molecular complexity index is 1400. The normalized spacial score (nSPS) is 11.5. The molecule has 4 aromatic rings. The van der Waals surface area contributed by atoms with Crippen LogP contribution in [0.1, 0.15) is 20.8 Å². The lowest BCUT2D eigenvalue weighted by Gasteiger charge is -2.22. The molecule has 0 aliphatic rings. The number of carbonyl (C=O) groups excluding carboxylic acids is 1. The van der Waals surface area contributed by atoms with Crippen molar-refractivity contribution in [1.29, 1.82) is 0 Å². The SMILES string of the molecule is Cc1ccc(CN(c2ccc3sc(C(=O)Nc4cccc(Br)c4)cc3c2)S(C)(=O)=O)cc1. The molecular formula is C24H21BrN2O3S2. The van der Waals surface area contributed by atoms with E-state index in [1.807, 2.05) is 67.6 Å². The number of sulfonamides is 1. The Morgan fingerprint density at radius 1 is 1.03 bits per heavy atom. The quantitative estimate of drug-likeness (QED) is 0.324. The molecular weight excluding hydrogens is 508 g/mol. The average Bonchev–Trinajstić information content (AvgIpc) is 3.16. The highest BCUT2D eigenvalue weighted by atomic mass is 79.9. The van der Waals surface area contributed by atoms with Gasteiger partial charge >= 0.3 is 0 Å². The summed E-state index contributed by atoms with van der Waals surface area (Å²) in [6, 6.07) is 22.4. The number of anilines is 2. The zero-order chi connectivity index (χ0) is 22.9. The van der Waals surface area contributed by atoms with Gasteiger partial charge in [-0.2, -0.15) is 0 Å². The van der Waals surface area contributed by atoms with Gasteiger partial charge in [0.15, 0.2) is 0 Å². The lowest BCUT2D eigenvalue weighted by atomic mass is 10.1. The Kier molecular flexibility index (Phi) is 6.37. The molecule has 0 fully saturated rings. The molecule has 0 aliphatic heterocycles. The zero-order valence-corrected chi connectivity index (χ0v) is 20.7. The molecule has 0 unspecified atom stereocenters. The second-order valence-corrected chi connectivity index (χ2v) is 11.5. The monoisotopic (exact) mass is 528 g/mol. The second kappa shape index (κ2) is 9.05. The summed E-state index contributed by atoms with van der Waals surface area (Å²) in [6.07, 6.45) is 1.20. The van der Waals surface area contributed by atoms with Gasteiger partial charge in [0.2, 0.25) is 10.0 Å². The van der Waals surface area contributed by atoms with Gasteiger partial charge in [-0.1, -0.05) is 51.8 Å². The number of fused-ring (bicyclic) bond motifs is 1. The number of benzene rings is 3. The number of hydrogen-bond acceptors (Lipinski definition) is 4. The summed E-state index contributed by atoms with van der Waals surface area (Å²) in [4.78, 5) is 13.3. The number of nitrogens with one attached hydrogen (secondary N) is 1. The molecule has 0 aliphatic carbocycles. The topological polar surface area (TPSA) is 66.5 Å². The number of amides is 1. The van der Waals surface area contributed by atoms with Crippen LogP contribution in [0.25, 0.3) is 10.1 Å². The third kappa shape index (κ3) is 5.20. The first-order chi connectivity index (χ1) is 15.2. The summed E-state index contributed by atoms with van der Waals surface area (Å²) in [5, 5.41) is 3.72. The number of hydrogen-bond donors (Lipinski definition) is 1. The average molecular weight is 529 g/mol. The first-order valence-electron chi connectivity index (χ1n) is 9.83. The molecule has 0 spiro atoms. The molecule has 1 heterocycles. The fourth-order valence-electron chi connectivity index (χ4n) is 3.32. The van der Waals surface area contributed by atoms with Crippen LogP contribution < -0.4 is 9.62 Å². The van der Waals surface area contributed by atoms with Gasteiger partial charge in [0.1, 0.15) is 0 Å². The third-order valence-corrected chi connectivity index (χ3v) is 7.69. The summed E-state index contributed by atoms with van der Waals surface area (Å²) in [5.41, 5.74) is 3.29. The van der Waals surface area contributed by atoms with Crippen molar-refractivity contribution < 1.29 is 13.2 Å². The van der Waals surface area contributed by atoms with E-state index in [-0.39, 0.29) is 12.5 Å². The maximum atomic E-state index is 12.7. The molecule has 8 heteroatoms. The minimum absolute atomic E-state index is 0.203. The Hall–Kier alpha value is -2.68. The minimum Gasteiger partial charge on any atom is -0.321 e. The summed E-state index contributed by atoms with van der Waals surface area (Å²) >= 11 is 4.77. The van der Waals surface area contributed by atoms with E-state index < -0.39 is 10.0 Å². The molecule has 0 atom stereocenters. The van der Waals surface area contributed by atoms with Gasteiger partial charge in [-0.15, -0.1) is 11.3 Å². The van der Waals surface area contributed by atoms with Gasteiger partial charge in [0, 0.05) is 14.9 Å². The van der Waals surface area contributed by atoms with Crippen LogP contribution in [0.3, 0.4) is 0 Å². The van der Waals surface area contributed by atoms with E-state index in [9.17, 15) is 13.2 Å². The number of aryl methyl sites for hydroxylation is 1. The van der Waals surface area contributed by atoms with Crippen molar-refractivity contribution in [1.82, 2.24) is 0 Å². The van der Waals surface area contributed by atoms with E-state index in [0.29, 0.717) is 16.3 Å². The summed E-state index contributed by atoms with van der Waals surface area (Å²) < 4.78 is 28.3. The highest BCUT2D eigenvalue weighted by Gasteiger charge is 2.19. The Labute approximate surface area is 199 Å². The van der Waals surface area contributed by atoms with Gasteiger partial charge in [-0.3, -0.25) is 9.10 Å². The van der Waals surface area contributed by atoms with Gasteiger partial charge in [0.05, 0.1) is 23.4 Å². The van der Waals surface area contributed by atoms with E-state index >= 15 is 0 Å². The molecule has 3 aromatic carbocycles. The molecule has 5 nitrogen and oxygen atoms in total. The van der Waals surface area contributed by atoms with Gasteiger partial charge in [0.25, 0.3) is 5.91 Å². The van der Waals surface area contributed by atoms with E-state index in [0.717, 1.165) is 25.7 Å². The van der Waals surface area contributed by atoms with Crippen molar-refractivity contribution in [3.63, 3.8) is 0 Å². The third-order valence-electron chi connectivity index (χ3n) is 4.94. The van der Waals surface area contributed by atoms with Crippen LogP contribution in [-0.4, -0.2) is 20.6 Å². The molecule has 0 saturated carbocycles. The fourth-order valence-corrected chi connectivity index (χ4v) is 5.53. The van der Waals surface area contributed by atoms with Crippen molar-refractivity contribution in [2.75, 3.05) is 15.9 Å². The lowest BCUT2D eigenvalue weighted by molar-refractivity contribution is 0.103. The first-order valence-corrected chi connectivity index (χ1v) is 13.3. The molecule has 164 valence electrons. The summed E-state index contributed by atoms with van der Waals surface area (Å²) in [7, 11) is -3.50. The number of nitrogens with zero attached hydrogens (tertiary/aromatic N) is 1. The van der Waals surface area contributed by atoms with Gasteiger partial charge in [-0.25, -0.2) is 8.42 Å². The molecule has 32 heavy (non-hydrogen) atoms. The molecule has 1 amide bonds. The van der Waals surface area contributed by atoms with Crippen molar-refractivity contribution in [2.45, 2.75) is 13.5 Å². The molecule has 1 aromatic heterocycles. The Morgan fingerprint density at radius 3 is 2.47 bits per heavy atom. The number of carbonyl (C=O) groups is 1. The van der Waals surface area contributed by atoms with Crippen LogP contribution >= 0.6 is 27.3 Å². The standard InChI is InChI=1S/C24H21BrN2O3S2/c1-16-6-8-17(9-7-16)15-27(32(2,29)30)21-10-11-22-18(12-21)13-23(31-22)24(28)26-20-5-3-4-19(25)14-20/h3-14H,15H2,1-2H3,(H,26,28). The van der Waals surface area contributed by atoms with Crippen molar-refractivity contribution in [3.05, 3.63) is 93.3 Å². The maximum Gasteiger partial charge on any atom is 0.265 e. The van der Waals surface area contributed by atoms with E-state index in [2.05, 4.69) is 21.2 Å². The van der Waals surface area contributed by atoms with Crippen LogP contribution in [0.4, 0.5) is 11.4 Å². The molecule has 0 saturated heterocycles. The van der Waals surface area contributed by atoms with E-state index in [1.165, 1.54) is 21.9 Å². The second-order valence-electron chi connectivity index (χ2n) is 7.55. The van der Waals surface area contributed by atoms with Crippen LogP contribution in [0.15, 0.2) is 77.3 Å². The minimum atomic E-state index is -3.50. The lowest BCUT2D eigenvalue weighted by Crippen LogP contribution is -2.29.